The molecule has 0 aromatic heterocycles. The molecule has 0 aromatic carbocycles. The molecule has 0 radical (unpaired) electrons. The third kappa shape index (κ3) is 2.76. The molecular formula is C14H24N2O3. The lowest BCUT2D eigenvalue weighted by atomic mass is 9.87. The minimum absolute atomic E-state index is 0.0321. The fraction of sp³-hybridized carbons (Fsp3) is 0.857. The monoisotopic (exact) mass is 268 g/mol. The van der Waals surface area contributed by atoms with Crippen LogP contribution in [0.2, 0.25) is 0 Å². The van der Waals surface area contributed by atoms with Crippen LogP contribution in [0.5, 0.6) is 0 Å². The molecule has 1 saturated carbocycles. The minimum Gasteiger partial charge on any atom is -0.481 e. The van der Waals surface area contributed by atoms with E-state index in [2.05, 4.69) is 10.6 Å². The van der Waals surface area contributed by atoms with Crippen molar-refractivity contribution < 1.29 is 14.7 Å². The Hall–Kier alpha value is -1.10. The lowest BCUT2D eigenvalue weighted by Crippen LogP contribution is -2.48. The first-order valence-corrected chi connectivity index (χ1v) is 7.22. The second-order valence-electron chi connectivity index (χ2n) is 6.18. The van der Waals surface area contributed by atoms with E-state index in [4.69, 9.17) is 0 Å². The van der Waals surface area contributed by atoms with Crippen molar-refractivity contribution in [3.05, 3.63) is 0 Å². The number of fused-ring (bicyclic) bond motifs is 1. The molecule has 2 rings (SSSR count). The van der Waals surface area contributed by atoms with E-state index in [1.807, 2.05) is 6.92 Å². The van der Waals surface area contributed by atoms with Crippen molar-refractivity contribution in [2.24, 2.45) is 17.3 Å². The summed E-state index contributed by atoms with van der Waals surface area (Å²) in [7, 11) is 0. The highest BCUT2D eigenvalue weighted by Crippen LogP contribution is 2.37. The summed E-state index contributed by atoms with van der Waals surface area (Å²) in [6, 6.07) is -0.123. The van der Waals surface area contributed by atoms with Crippen LogP contribution in [0.3, 0.4) is 0 Å². The molecule has 5 heteroatoms. The molecule has 4 unspecified atom stereocenters. The van der Waals surface area contributed by atoms with E-state index in [0.717, 1.165) is 13.0 Å². The van der Waals surface area contributed by atoms with Crippen molar-refractivity contribution in [3.63, 3.8) is 0 Å². The normalized spacial score (nSPS) is 32.6. The maximum atomic E-state index is 12.2. The number of hydrogen-bond acceptors (Lipinski definition) is 3. The van der Waals surface area contributed by atoms with Crippen molar-refractivity contribution in [1.82, 2.24) is 10.6 Å². The molecule has 1 aliphatic carbocycles. The van der Waals surface area contributed by atoms with Crippen LogP contribution in [-0.2, 0) is 9.59 Å². The van der Waals surface area contributed by atoms with Gasteiger partial charge in [0.05, 0.1) is 11.5 Å². The standard InChI is InChI=1S/C14H24N2O3/c1-3-14(2,13(18)19)8-16-12(17)11-10-6-4-5-9(10)7-15-11/h9-11,15H,3-8H2,1-2H3,(H,16,17)(H,18,19). The summed E-state index contributed by atoms with van der Waals surface area (Å²) in [4.78, 5) is 23.4. The smallest absolute Gasteiger partial charge is 0.311 e. The van der Waals surface area contributed by atoms with Crippen LogP contribution in [0.1, 0.15) is 39.5 Å². The summed E-state index contributed by atoms with van der Waals surface area (Å²) in [6.45, 7) is 4.64. The average molecular weight is 268 g/mol. The third-order valence-corrected chi connectivity index (χ3v) is 4.98. The summed E-state index contributed by atoms with van der Waals surface area (Å²) < 4.78 is 0. The third-order valence-electron chi connectivity index (χ3n) is 4.98. The second-order valence-corrected chi connectivity index (χ2v) is 6.18. The highest BCUT2D eigenvalue weighted by Gasteiger charge is 2.43. The fourth-order valence-corrected chi connectivity index (χ4v) is 3.22. The molecule has 108 valence electrons. The number of rotatable bonds is 5. The van der Waals surface area contributed by atoms with Crippen LogP contribution < -0.4 is 10.6 Å². The van der Waals surface area contributed by atoms with Gasteiger partial charge in [-0.15, -0.1) is 0 Å². The first-order valence-electron chi connectivity index (χ1n) is 7.22. The molecule has 2 aliphatic rings. The number of hydrogen-bond donors (Lipinski definition) is 3. The molecule has 1 aliphatic heterocycles. The van der Waals surface area contributed by atoms with E-state index < -0.39 is 11.4 Å². The van der Waals surface area contributed by atoms with Gasteiger partial charge in [-0.3, -0.25) is 9.59 Å². The largest absolute Gasteiger partial charge is 0.481 e. The molecule has 4 atom stereocenters. The topological polar surface area (TPSA) is 78.4 Å². The van der Waals surface area contributed by atoms with Gasteiger partial charge in [0.25, 0.3) is 0 Å². The van der Waals surface area contributed by atoms with Gasteiger partial charge in [0.1, 0.15) is 0 Å². The van der Waals surface area contributed by atoms with Gasteiger partial charge in [-0.1, -0.05) is 13.3 Å². The zero-order valence-corrected chi connectivity index (χ0v) is 11.7. The molecule has 0 bridgehead atoms. The maximum Gasteiger partial charge on any atom is 0.311 e. The van der Waals surface area contributed by atoms with E-state index in [1.54, 1.807) is 6.92 Å². The molecule has 5 nitrogen and oxygen atoms in total. The summed E-state index contributed by atoms with van der Waals surface area (Å²) in [5, 5.41) is 15.3. The van der Waals surface area contributed by atoms with Gasteiger partial charge in [0.15, 0.2) is 0 Å². The van der Waals surface area contributed by atoms with E-state index >= 15 is 0 Å². The van der Waals surface area contributed by atoms with Crippen LogP contribution in [0.15, 0.2) is 0 Å². The zero-order valence-electron chi connectivity index (χ0n) is 11.7. The first kappa shape index (κ1) is 14.3. The molecule has 0 aromatic rings. The molecule has 1 amide bonds. The average Bonchev–Trinajstić information content (AvgIpc) is 2.97. The summed E-state index contributed by atoms with van der Waals surface area (Å²) in [5.41, 5.74) is -0.872. The molecular weight excluding hydrogens is 244 g/mol. The van der Waals surface area contributed by atoms with Crippen molar-refractivity contribution in [2.45, 2.75) is 45.6 Å². The number of aliphatic carboxylic acids is 1. The van der Waals surface area contributed by atoms with Crippen molar-refractivity contribution in [1.29, 1.82) is 0 Å². The summed E-state index contributed by atoms with van der Waals surface area (Å²) in [6.07, 6.45) is 4.04. The van der Waals surface area contributed by atoms with E-state index in [1.165, 1.54) is 12.8 Å². The molecule has 1 saturated heterocycles. The van der Waals surface area contributed by atoms with Gasteiger partial charge < -0.3 is 15.7 Å². The summed E-state index contributed by atoms with van der Waals surface area (Å²) >= 11 is 0. The number of carbonyl (C=O) groups excluding carboxylic acids is 1. The van der Waals surface area contributed by atoms with Gasteiger partial charge in [0, 0.05) is 6.54 Å². The van der Waals surface area contributed by atoms with Crippen LogP contribution in [0.25, 0.3) is 0 Å². The predicted molar refractivity (Wildman–Crippen MR) is 71.7 cm³/mol. The highest BCUT2D eigenvalue weighted by molar-refractivity contribution is 5.83. The van der Waals surface area contributed by atoms with E-state index in [0.29, 0.717) is 18.3 Å². The van der Waals surface area contributed by atoms with Crippen LogP contribution in [0, 0.1) is 17.3 Å². The predicted octanol–water partition coefficient (Wildman–Crippen LogP) is 0.992. The van der Waals surface area contributed by atoms with Gasteiger partial charge in [0.2, 0.25) is 5.91 Å². The number of carboxylic acids is 1. The van der Waals surface area contributed by atoms with E-state index in [-0.39, 0.29) is 18.5 Å². The van der Waals surface area contributed by atoms with Crippen LogP contribution in [0.4, 0.5) is 0 Å². The first-order chi connectivity index (χ1) is 8.98. The quantitative estimate of drug-likeness (QED) is 0.695. The Kier molecular flexibility index (Phi) is 4.13. The summed E-state index contributed by atoms with van der Waals surface area (Å²) in [5.74, 6) is 0.189. The molecule has 1 heterocycles. The SMILES string of the molecule is CCC(C)(CNC(=O)C1NCC2CCCC21)C(=O)O. The molecule has 19 heavy (non-hydrogen) atoms. The number of amides is 1. The van der Waals surface area contributed by atoms with Gasteiger partial charge >= 0.3 is 5.97 Å². The van der Waals surface area contributed by atoms with Gasteiger partial charge in [-0.2, -0.15) is 0 Å². The molecule has 0 spiro atoms. The molecule has 2 fully saturated rings. The Labute approximate surface area is 114 Å². The minimum atomic E-state index is -0.872. The van der Waals surface area contributed by atoms with E-state index in [9.17, 15) is 14.7 Å². The maximum absolute atomic E-state index is 12.2. The highest BCUT2D eigenvalue weighted by atomic mass is 16.4. The Morgan fingerprint density at radius 1 is 1.42 bits per heavy atom. The Morgan fingerprint density at radius 2 is 2.16 bits per heavy atom. The van der Waals surface area contributed by atoms with Crippen molar-refractivity contribution >= 4 is 11.9 Å². The number of carboxylic acid groups (broad SMARTS) is 1. The number of nitrogens with one attached hydrogen (secondary N) is 2. The van der Waals surface area contributed by atoms with Crippen molar-refractivity contribution in [2.75, 3.05) is 13.1 Å². The van der Waals surface area contributed by atoms with Crippen molar-refractivity contribution in [3.8, 4) is 0 Å². The number of carbonyl (C=O) groups is 2. The van der Waals surface area contributed by atoms with Crippen LogP contribution in [-0.4, -0.2) is 36.1 Å². The lowest BCUT2D eigenvalue weighted by molar-refractivity contribution is -0.148. The molecule has 3 N–H and O–H groups in total. The van der Waals surface area contributed by atoms with Gasteiger partial charge in [-0.25, -0.2) is 0 Å². The Bertz CT molecular complexity index is 372. The van der Waals surface area contributed by atoms with Crippen LogP contribution >= 0.6 is 0 Å². The Balaban J connectivity index is 1.89. The zero-order chi connectivity index (χ0) is 14.0. The fourth-order valence-electron chi connectivity index (χ4n) is 3.22. The Morgan fingerprint density at radius 3 is 2.79 bits per heavy atom. The second kappa shape index (κ2) is 5.49. The van der Waals surface area contributed by atoms with Gasteiger partial charge in [-0.05, 0) is 44.6 Å². The lowest BCUT2D eigenvalue weighted by Gasteiger charge is -2.25.